The van der Waals surface area contributed by atoms with E-state index in [-0.39, 0.29) is 11.9 Å². The zero-order chi connectivity index (χ0) is 22.7. The number of nitrogens with one attached hydrogen (secondary N) is 1. The summed E-state index contributed by atoms with van der Waals surface area (Å²) in [6.07, 6.45) is 2.72. The summed E-state index contributed by atoms with van der Waals surface area (Å²) in [6, 6.07) is 14.6. The molecule has 1 N–H and O–H groups in total. The number of benzene rings is 2. The van der Waals surface area contributed by atoms with Crippen molar-refractivity contribution in [1.82, 2.24) is 19.8 Å². The molecule has 1 atom stereocenters. The van der Waals surface area contributed by atoms with E-state index in [1.165, 1.54) is 16.7 Å². The normalized spacial score (nSPS) is 15.9. The van der Waals surface area contributed by atoms with E-state index in [0.29, 0.717) is 13.1 Å². The fourth-order valence-corrected chi connectivity index (χ4v) is 4.58. The number of fused-ring (bicyclic) bond motifs is 1. The van der Waals surface area contributed by atoms with Crippen LogP contribution in [0.2, 0.25) is 0 Å². The number of amides is 1. The Bertz CT molecular complexity index is 1070. The second kappa shape index (κ2) is 9.57. The van der Waals surface area contributed by atoms with Gasteiger partial charge in [0.2, 0.25) is 0 Å². The molecule has 0 aliphatic carbocycles. The van der Waals surface area contributed by atoms with E-state index in [2.05, 4.69) is 46.1 Å². The van der Waals surface area contributed by atoms with Crippen molar-refractivity contribution in [1.29, 1.82) is 0 Å². The SMILES string of the molecule is CCN(CC)C(=O)c1ccc(C2c3ccc(OC)cc3CCN2Cc2nc[nH]c2C)cc1. The molecule has 4 rings (SSSR count). The van der Waals surface area contributed by atoms with Crippen LogP contribution in [-0.2, 0) is 13.0 Å². The predicted octanol–water partition coefficient (Wildman–Crippen LogP) is 4.36. The first-order valence-corrected chi connectivity index (χ1v) is 11.3. The van der Waals surface area contributed by atoms with Gasteiger partial charge >= 0.3 is 0 Å². The van der Waals surface area contributed by atoms with Gasteiger partial charge in [-0.05, 0) is 68.1 Å². The summed E-state index contributed by atoms with van der Waals surface area (Å²) >= 11 is 0. The largest absolute Gasteiger partial charge is 0.497 e. The Morgan fingerprint density at radius 1 is 1.19 bits per heavy atom. The lowest BCUT2D eigenvalue weighted by molar-refractivity contribution is 0.0773. The quantitative estimate of drug-likeness (QED) is 0.603. The van der Waals surface area contributed by atoms with Crippen molar-refractivity contribution in [3.05, 3.63) is 82.4 Å². The van der Waals surface area contributed by atoms with Gasteiger partial charge in [-0.3, -0.25) is 9.69 Å². The molecule has 2 heterocycles. The van der Waals surface area contributed by atoms with Crippen molar-refractivity contribution in [3.63, 3.8) is 0 Å². The minimum absolute atomic E-state index is 0.0827. The fraction of sp³-hybridized carbons (Fsp3) is 0.385. The molecule has 2 aromatic carbocycles. The number of ether oxygens (including phenoxy) is 1. The van der Waals surface area contributed by atoms with Crippen LogP contribution in [0.4, 0.5) is 0 Å². The third kappa shape index (κ3) is 4.28. The molecule has 3 aromatic rings. The lowest BCUT2D eigenvalue weighted by Crippen LogP contribution is -2.36. The van der Waals surface area contributed by atoms with E-state index in [9.17, 15) is 4.79 Å². The molecule has 0 fully saturated rings. The van der Waals surface area contributed by atoms with Gasteiger partial charge in [0.15, 0.2) is 0 Å². The predicted molar refractivity (Wildman–Crippen MR) is 126 cm³/mol. The molecule has 1 unspecified atom stereocenters. The maximum atomic E-state index is 12.8. The highest BCUT2D eigenvalue weighted by Gasteiger charge is 2.30. The average Bonchev–Trinajstić information content (AvgIpc) is 3.23. The number of methoxy groups -OCH3 is 1. The number of aromatic nitrogens is 2. The number of aryl methyl sites for hydroxylation is 1. The number of H-pyrrole nitrogens is 1. The molecule has 6 nitrogen and oxygen atoms in total. The molecule has 0 saturated heterocycles. The molecular formula is C26H32N4O2. The second-order valence-corrected chi connectivity index (χ2v) is 8.26. The van der Waals surface area contributed by atoms with Gasteiger partial charge in [0.25, 0.3) is 5.91 Å². The van der Waals surface area contributed by atoms with Gasteiger partial charge in [0.05, 0.1) is 25.2 Å². The van der Waals surface area contributed by atoms with Crippen LogP contribution in [0.25, 0.3) is 0 Å². The molecule has 1 aliphatic rings. The van der Waals surface area contributed by atoms with Gasteiger partial charge in [-0.1, -0.05) is 18.2 Å². The van der Waals surface area contributed by atoms with Crippen LogP contribution in [0, 0.1) is 6.92 Å². The summed E-state index contributed by atoms with van der Waals surface area (Å²) in [5, 5.41) is 0. The number of aromatic amines is 1. The van der Waals surface area contributed by atoms with E-state index in [4.69, 9.17) is 4.74 Å². The van der Waals surface area contributed by atoms with Crippen LogP contribution in [0.3, 0.4) is 0 Å². The Kier molecular flexibility index (Phi) is 6.61. The van der Waals surface area contributed by atoms with E-state index in [1.54, 1.807) is 13.4 Å². The zero-order valence-electron chi connectivity index (χ0n) is 19.4. The number of carbonyl (C=O) groups is 1. The average molecular weight is 433 g/mol. The van der Waals surface area contributed by atoms with Crippen molar-refractivity contribution >= 4 is 5.91 Å². The molecule has 32 heavy (non-hydrogen) atoms. The van der Waals surface area contributed by atoms with Crippen molar-refractivity contribution in [2.45, 2.75) is 39.8 Å². The van der Waals surface area contributed by atoms with Crippen LogP contribution in [-0.4, -0.2) is 52.4 Å². The number of hydrogen-bond donors (Lipinski definition) is 1. The van der Waals surface area contributed by atoms with Gasteiger partial charge in [-0.15, -0.1) is 0 Å². The van der Waals surface area contributed by atoms with Crippen molar-refractivity contribution in [2.24, 2.45) is 0 Å². The molecule has 0 saturated carbocycles. The molecule has 0 radical (unpaired) electrons. The summed E-state index contributed by atoms with van der Waals surface area (Å²) in [5.74, 6) is 0.971. The maximum Gasteiger partial charge on any atom is 0.253 e. The van der Waals surface area contributed by atoms with Gasteiger partial charge in [0, 0.05) is 37.4 Å². The Balaban J connectivity index is 1.70. The van der Waals surface area contributed by atoms with Crippen LogP contribution in [0.15, 0.2) is 48.8 Å². The second-order valence-electron chi connectivity index (χ2n) is 8.26. The van der Waals surface area contributed by atoms with Crippen molar-refractivity contribution in [3.8, 4) is 5.75 Å². The van der Waals surface area contributed by atoms with Gasteiger partial charge in [0.1, 0.15) is 5.75 Å². The van der Waals surface area contributed by atoms with Gasteiger partial charge in [-0.2, -0.15) is 0 Å². The number of imidazole rings is 1. The summed E-state index contributed by atoms with van der Waals surface area (Å²) in [4.78, 5) is 24.8. The Labute approximate surface area is 190 Å². The van der Waals surface area contributed by atoms with Gasteiger partial charge in [-0.25, -0.2) is 4.98 Å². The molecule has 1 aliphatic heterocycles. The van der Waals surface area contributed by atoms with E-state index in [1.807, 2.05) is 36.9 Å². The fourth-order valence-electron chi connectivity index (χ4n) is 4.58. The summed E-state index contributed by atoms with van der Waals surface area (Å²) < 4.78 is 5.46. The molecule has 168 valence electrons. The minimum atomic E-state index is 0.0827. The summed E-state index contributed by atoms with van der Waals surface area (Å²) in [5.41, 5.74) is 6.68. The third-order valence-electron chi connectivity index (χ3n) is 6.49. The topological polar surface area (TPSA) is 61.5 Å². The molecule has 6 heteroatoms. The zero-order valence-corrected chi connectivity index (χ0v) is 19.4. The van der Waals surface area contributed by atoms with Crippen molar-refractivity contribution < 1.29 is 9.53 Å². The Morgan fingerprint density at radius 2 is 1.94 bits per heavy atom. The van der Waals surface area contributed by atoms with E-state index >= 15 is 0 Å². The maximum absolute atomic E-state index is 12.8. The number of carbonyl (C=O) groups excluding carboxylic acids is 1. The highest BCUT2D eigenvalue weighted by atomic mass is 16.5. The first-order chi connectivity index (χ1) is 15.5. The molecule has 0 bridgehead atoms. The van der Waals surface area contributed by atoms with Gasteiger partial charge < -0.3 is 14.6 Å². The number of hydrogen-bond acceptors (Lipinski definition) is 4. The first-order valence-electron chi connectivity index (χ1n) is 11.3. The van der Waals surface area contributed by atoms with E-state index < -0.39 is 0 Å². The van der Waals surface area contributed by atoms with E-state index in [0.717, 1.165) is 42.2 Å². The Hall–Kier alpha value is -3.12. The summed E-state index contributed by atoms with van der Waals surface area (Å²) in [7, 11) is 1.71. The first kappa shape index (κ1) is 22.1. The monoisotopic (exact) mass is 432 g/mol. The standard InChI is InChI=1S/C26H32N4O2/c1-5-29(6-2)26(31)20-9-7-19(8-10-20)25-23-12-11-22(32-4)15-21(23)13-14-30(25)16-24-18(3)27-17-28-24/h7-12,15,17,25H,5-6,13-14,16H2,1-4H3,(H,27,28). The highest BCUT2D eigenvalue weighted by Crippen LogP contribution is 2.37. The van der Waals surface area contributed by atoms with Crippen LogP contribution in [0.1, 0.15) is 58.3 Å². The highest BCUT2D eigenvalue weighted by molar-refractivity contribution is 5.94. The lowest BCUT2D eigenvalue weighted by atomic mass is 9.87. The summed E-state index contributed by atoms with van der Waals surface area (Å²) in [6.45, 7) is 9.21. The molecular weight excluding hydrogens is 400 g/mol. The smallest absolute Gasteiger partial charge is 0.253 e. The Morgan fingerprint density at radius 3 is 2.56 bits per heavy atom. The minimum Gasteiger partial charge on any atom is -0.497 e. The molecule has 1 amide bonds. The van der Waals surface area contributed by atoms with Crippen molar-refractivity contribution in [2.75, 3.05) is 26.7 Å². The van der Waals surface area contributed by atoms with Crippen LogP contribution in [0.5, 0.6) is 5.75 Å². The molecule has 1 aromatic heterocycles. The number of rotatable bonds is 7. The molecule has 0 spiro atoms. The van der Waals surface area contributed by atoms with Crippen LogP contribution >= 0.6 is 0 Å². The van der Waals surface area contributed by atoms with Crippen LogP contribution < -0.4 is 4.74 Å². The third-order valence-corrected chi connectivity index (χ3v) is 6.49. The number of nitrogens with zero attached hydrogens (tertiary/aromatic N) is 3. The lowest BCUT2D eigenvalue weighted by Gasteiger charge is -2.37.